The number of anilines is 1. The van der Waals surface area contributed by atoms with Gasteiger partial charge in [-0.1, -0.05) is 0 Å². The lowest BCUT2D eigenvalue weighted by molar-refractivity contribution is -0.0430. The molecule has 1 aliphatic heterocycles. The summed E-state index contributed by atoms with van der Waals surface area (Å²) in [4.78, 5) is 38.1. The molecule has 13 nitrogen and oxygen atoms in total. The van der Waals surface area contributed by atoms with Crippen molar-refractivity contribution < 1.29 is 47.0 Å². The Morgan fingerprint density at radius 3 is 2.64 bits per heavy atom. The van der Waals surface area contributed by atoms with Gasteiger partial charge in [0.05, 0.1) is 19.0 Å². The fourth-order valence-corrected chi connectivity index (χ4v) is 4.53. The third-order valence-electron chi connectivity index (χ3n) is 4.01. The summed E-state index contributed by atoms with van der Waals surface area (Å²) in [5.74, 6) is 0.100. The summed E-state index contributed by atoms with van der Waals surface area (Å²) in [6.07, 6.45) is -1.12. The zero-order chi connectivity index (χ0) is 20.9. The van der Waals surface area contributed by atoms with Crippen LogP contribution in [0.3, 0.4) is 0 Å². The number of rotatable bonds is 6. The highest BCUT2D eigenvalue weighted by Crippen LogP contribution is 2.73. The highest BCUT2D eigenvalue weighted by atomic mass is 31.2. The minimum absolute atomic E-state index is 0.0754. The van der Waals surface area contributed by atoms with Gasteiger partial charge in [0, 0.05) is 6.42 Å². The Morgan fingerprint density at radius 1 is 1.32 bits per heavy atom. The topological polar surface area (TPSA) is 203 Å². The molecule has 2 aromatic rings. The third kappa shape index (κ3) is 3.55. The van der Waals surface area contributed by atoms with Gasteiger partial charge >= 0.3 is 20.6 Å². The fraction of sp³-hybridized carbons (Fsp3) is 0.545. The lowest BCUT2D eigenvalue weighted by atomic mass is 10.2. The van der Waals surface area contributed by atoms with Crippen LogP contribution in [0.25, 0.3) is 11.2 Å². The fourth-order valence-electron chi connectivity index (χ4n) is 2.53. The Labute approximate surface area is 154 Å². The van der Waals surface area contributed by atoms with Crippen molar-refractivity contribution in [2.75, 3.05) is 12.3 Å². The molecule has 6 N–H and O–H groups in total. The molecule has 0 aromatic carbocycles. The van der Waals surface area contributed by atoms with Crippen LogP contribution < -0.4 is 5.73 Å². The predicted octanol–water partition coefficient (Wildman–Crippen LogP) is -0.0131. The number of hydrogen-bond donors (Lipinski definition) is 5. The summed E-state index contributed by atoms with van der Waals surface area (Å²) in [7, 11) is -12.3. The summed E-state index contributed by atoms with van der Waals surface area (Å²) < 4.78 is 60.2. The summed E-state index contributed by atoms with van der Waals surface area (Å²) in [6, 6.07) is 0. The molecule has 2 aromatic heterocycles. The van der Waals surface area contributed by atoms with E-state index in [0.29, 0.717) is 0 Å². The van der Waals surface area contributed by atoms with Gasteiger partial charge in [0.25, 0.3) is 0 Å². The van der Waals surface area contributed by atoms with E-state index in [4.69, 9.17) is 20.3 Å². The Kier molecular flexibility index (Phi) is 5.32. The molecule has 28 heavy (non-hydrogen) atoms. The van der Waals surface area contributed by atoms with Crippen molar-refractivity contribution in [1.82, 2.24) is 19.5 Å². The zero-order valence-electron chi connectivity index (χ0n) is 13.7. The van der Waals surface area contributed by atoms with E-state index in [1.807, 2.05) is 0 Å². The lowest BCUT2D eigenvalue weighted by Crippen LogP contribution is -2.28. The second kappa shape index (κ2) is 7.04. The Morgan fingerprint density at radius 2 is 2.00 bits per heavy atom. The second-order valence-corrected chi connectivity index (χ2v) is 9.75. The molecule has 1 saturated heterocycles. The van der Waals surface area contributed by atoms with Gasteiger partial charge in [-0.05, 0) is 0 Å². The molecule has 0 saturated carbocycles. The van der Waals surface area contributed by atoms with Gasteiger partial charge in [0.2, 0.25) is 0 Å². The summed E-state index contributed by atoms with van der Waals surface area (Å²) in [6.45, 7) is -1.02. The van der Waals surface area contributed by atoms with E-state index in [1.165, 1.54) is 17.2 Å². The van der Waals surface area contributed by atoms with E-state index in [0.717, 1.165) is 0 Å². The van der Waals surface area contributed by atoms with Crippen LogP contribution in [0, 0.1) is 0 Å². The molecule has 1 unspecified atom stereocenters. The Balaban J connectivity index is 1.73. The molecule has 0 spiro atoms. The molecule has 156 valence electrons. The van der Waals surface area contributed by atoms with Crippen LogP contribution >= 0.6 is 15.2 Å². The molecule has 0 amide bonds. The van der Waals surface area contributed by atoms with Crippen molar-refractivity contribution >= 4 is 32.2 Å². The minimum Gasteiger partial charge on any atom is -0.390 e. The maximum absolute atomic E-state index is 13.4. The molecular weight excluding hydrogens is 430 g/mol. The largest absolute Gasteiger partial charge is 0.443 e. The van der Waals surface area contributed by atoms with Crippen molar-refractivity contribution in [3.63, 3.8) is 0 Å². The normalized spacial score (nSPS) is 25.9. The smallest absolute Gasteiger partial charge is 0.390 e. The Hall–Kier alpha value is -1.57. The monoisotopic (exact) mass is 445 g/mol. The molecule has 0 radical (unpaired) electrons. The van der Waals surface area contributed by atoms with Gasteiger partial charge in [0.1, 0.15) is 24.2 Å². The van der Waals surface area contributed by atoms with Gasteiger partial charge in [-0.25, -0.2) is 15.0 Å². The molecule has 1 aliphatic rings. The van der Waals surface area contributed by atoms with Crippen molar-refractivity contribution in [2.45, 2.75) is 30.3 Å². The van der Waals surface area contributed by atoms with E-state index in [-0.39, 0.29) is 23.4 Å². The van der Waals surface area contributed by atoms with Crippen molar-refractivity contribution in [3.8, 4) is 0 Å². The third-order valence-corrected chi connectivity index (χ3v) is 7.43. The molecule has 4 atom stereocenters. The number of ether oxygens (including phenoxy) is 1. The van der Waals surface area contributed by atoms with Crippen LogP contribution in [0.4, 0.5) is 14.6 Å². The average Bonchev–Trinajstić information content (AvgIpc) is 3.16. The number of nitrogens with two attached hydrogens (primary N) is 1. The van der Waals surface area contributed by atoms with Crippen molar-refractivity contribution in [3.05, 3.63) is 12.7 Å². The number of aromatic nitrogens is 4. The van der Waals surface area contributed by atoms with E-state index in [1.54, 1.807) is 0 Å². The van der Waals surface area contributed by atoms with E-state index >= 15 is 0 Å². The number of halogens is 2. The SMILES string of the molecule is Nc1ncnc2c1ncn2[C@H]1C[C@H](O)[C@@H](COP(=O)(O)C(F)(F)P(=O)(O)O)O1. The molecule has 17 heteroatoms. The maximum atomic E-state index is 13.4. The number of fused-ring (bicyclic) bond motifs is 1. The first-order chi connectivity index (χ1) is 12.8. The number of aliphatic hydroxyl groups excluding tert-OH is 1. The van der Waals surface area contributed by atoms with Crippen LogP contribution in [-0.2, 0) is 18.4 Å². The second-order valence-electron chi connectivity index (χ2n) is 5.88. The minimum atomic E-state index is -6.26. The van der Waals surface area contributed by atoms with Crippen molar-refractivity contribution in [1.29, 1.82) is 0 Å². The van der Waals surface area contributed by atoms with Crippen LogP contribution in [0.15, 0.2) is 12.7 Å². The van der Waals surface area contributed by atoms with Gasteiger partial charge in [0.15, 0.2) is 11.5 Å². The Bertz CT molecular complexity index is 983. The molecule has 1 fully saturated rings. The average molecular weight is 445 g/mol. The van der Waals surface area contributed by atoms with Crippen LogP contribution in [0.1, 0.15) is 12.6 Å². The predicted molar refractivity (Wildman–Crippen MR) is 87.0 cm³/mol. The highest BCUT2D eigenvalue weighted by Gasteiger charge is 2.65. The first-order valence-electron chi connectivity index (χ1n) is 7.52. The van der Waals surface area contributed by atoms with Gasteiger partial charge in [-0.15, -0.1) is 0 Å². The van der Waals surface area contributed by atoms with Crippen LogP contribution in [0.5, 0.6) is 0 Å². The van der Waals surface area contributed by atoms with Crippen LogP contribution in [-0.4, -0.2) is 63.5 Å². The standard InChI is InChI=1S/C11H15F2N5O8P2/c12-11(13,27(20,21)22)28(23,24)25-2-6-5(19)1-7(26-6)18-4-17-8-9(14)15-3-16-10(8)18/h3-7,19H,1-2H2,(H,23,24)(H2,14,15,16)(H2,20,21,22)/t5-,6+,7+/m0/s1. The van der Waals surface area contributed by atoms with Crippen LogP contribution in [0.2, 0.25) is 0 Å². The highest BCUT2D eigenvalue weighted by molar-refractivity contribution is 7.72. The summed E-state index contributed by atoms with van der Waals surface area (Å²) in [5, 5.41) is 4.73. The number of alkyl halides is 2. The number of imidazole rings is 1. The van der Waals surface area contributed by atoms with Crippen molar-refractivity contribution in [2.24, 2.45) is 0 Å². The first kappa shape index (κ1) is 21.1. The van der Waals surface area contributed by atoms with Gasteiger partial charge in [-0.2, -0.15) is 8.78 Å². The summed E-state index contributed by atoms with van der Waals surface area (Å²) in [5.41, 5.74) is 6.20. The number of nitrogens with zero attached hydrogens (tertiary/aromatic N) is 4. The molecule has 3 rings (SSSR count). The zero-order valence-corrected chi connectivity index (χ0v) is 15.5. The van der Waals surface area contributed by atoms with E-state index in [2.05, 4.69) is 19.5 Å². The van der Waals surface area contributed by atoms with E-state index in [9.17, 15) is 27.9 Å². The summed E-state index contributed by atoms with van der Waals surface area (Å²) >= 11 is 0. The number of nitrogen functional groups attached to an aromatic ring is 1. The number of aliphatic hydroxyl groups is 1. The van der Waals surface area contributed by atoms with E-state index < -0.39 is 45.6 Å². The lowest BCUT2D eigenvalue weighted by Gasteiger charge is -2.24. The quantitative estimate of drug-likeness (QED) is 0.373. The molecule has 0 bridgehead atoms. The first-order valence-corrected chi connectivity index (χ1v) is 10.7. The molecule has 3 heterocycles. The molecule has 0 aliphatic carbocycles. The van der Waals surface area contributed by atoms with Gasteiger partial charge in [-0.3, -0.25) is 13.7 Å². The van der Waals surface area contributed by atoms with Gasteiger partial charge < -0.3 is 34.8 Å². The number of hydrogen-bond acceptors (Lipinski definition) is 9. The molecular formula is C11H15F2N5O8P2. The maximum Gasteiger partial charge on any atom is 0.443 e.